The van der Waals surface area contributed by atoms with Gasteiger partial charge in [-0.3, -0.25) is 4.21 Å². The van der Waals surface area contributed by atoms with E-state index >= 15 is 0 Å². The lowest BCUT2D eigenvalue weighted by atomic mass is 10.2. The molecule has 0 aliphatic heterocycles. The summed E-state index contributed by atoms with van der Waals surface area (Å²) in [6, 6.07) is 6.11. The minimum absolute atomic E-state index is 0.0669. The first-order valence-corrected chi connectivity index (χ1v) is 7.13. The second-order valence-corrected chi connectivity index (χ2v) is 5.72. The third kappa shape index (κ3) is 3.17. The van der Waals surface area contributed by atoms with Crippen LogP contribution in [0, 0.1) is 12.7 Å². The van der Waals surface area contributed by atoms with Crippen LogP contribution in [0.4, 0.5) is 4.39 Å². The van der Waals surface area contributed by atoms with Gasteiger partial charge in [-0.2, -0.15) is 0 Å². The molecule has 2 rings (SSSR count). The summed E-state index contributed by atoms with van der Waals surface area (Å²) < 4.78 is 30.3. The molecule has 1 aromatic carbocycles. The number of halogens is 2. The quantitative estimate of drug-likeness (QED) is 0.867. The van der Waals surface area contributed by atoms with Crippen LogP contribution in [-0.4, -0.2) is 9.37 Å². The van der Waals surface area contributed by atoms with Crippen molar-refractivity contribution in [2.24, 2.45) is 0 Å². The van der Waals surface area contributed by atoms with Crippen molar-refractivity contribution in [2.75, 3.05) is 0 Å². The van der Waals surface area contributed by atoms with Crippen molar-refractivity contribution in [1.29, 1.82) is 0 Å². The Hall–Kier alpha value is -1.20. The Morgan fingerprint density at radius 3 is 2.83 bits per heavy atom. The molecule has 2 aromatic rings. The Morgan fingerprint density at radius 1 is 1.44 bits per heavy atom. The molecule has 1 aromatic heterocycles. The lowest BCUT2D eigenvalue weighted by molar-refractivity contribution is 0.392. The lowest BCUT2D eigenvalue weighted by Crippen LogP contribution is -2.02. The molecular weight excluding hydrogens is 277 g/mol. The van der Waals surface area contributed by atoms with E-state index in [1.165, 1.54) is 12.1 Å². The van der Waals surface area contributed by atoms with Gasteiger partial charge in [-0.25, -0.2) is 4.39 Å². The molecule has 6 heteroatoms. The Bertz CT molecular complexity index is 565. The van der Waals surface area contributed by atoms with Crippen LogP contribution in [0.1, 0.15) is 17.0 Å². The summed E-state index contributed by atoms with van der Waals surface area (Å²) in [5, 5.41) is 4.04. The Kier molecular flexibility index (Phi) is 4.14. The summed E-state index contributed by atoms with van der Waals surface area (Å²) in [4.78, 5) is 0. The highest BCUT2D eigenvalue weighted by Crippen LogP contribution is 2.21. The maximum atomic E-state index is 13.5. The van der Waals surface area contributed by atoms with Gasteiger partial charge >= 0.3 is 0 Å². The number of aryl methyl sites for hydroxylation is 1. The Balaban J connectivity index is 2.08. The topological polar surface area (TPSA) is 43.1 Å². The smallest absolute Gasteiger partial charge is 0.133 e. The van der Waals surface area contributed by atoms with Gasteiger partial charge < -0.3 is 4.52 Å². The fraction of sp³-hybridized carbons (Fsp3) is 0.250. The molecule has 1 atom stereocenters. The van der Waals surface area contributed by atoms with Crippen LogP contribution >= 0.6 is 11.6 Å². The first kappa shape index (κ1) is 13.2. The van der Waals surface area contributed by atoms with Gasteiger partial charge in [0, 0.05) is 27.5 Å². The van der Waals surface area contributed by atoms with Crippen molar-refractivity contribution < 1.29 is 13.1 Å². The number of benzene rings is 1. The average molecular weight is 288 g/mol. The second-order valence-electron chi connectivity index (χ2n) is 3.86. The molecule has 18 heavy (non-hydrogen) atoms. The van der Waals surface area contributed by atoms with Crippen molar-refractivity contribution in [3.8, 4) is 0 Å². The Labute approximate surface area is 111 Å². The van der Waals surface area contributed by atoms with Crippen LogP contribution in [-0.2, 0) is 22.3 Å². The largest absolute Gasteiger partial charge is 0.361 e. The van der Waals surface area contributed by atoms with Crippen LogP contribution in [0.15, 0.2) is 28.8 Å². The minimum Gasteiger partial charge on any atom is -0.361 e. The summed E-state index contributed by atoms with van der Waals surface area (Å²) >= 11 is 5.87. The maximum absolute atomic E-state index is 13.5. The number of aromatic nitrogens is 1. The zero-order valence-electron chi connectivity index (χ0n) is 9.65. The average Bonchev–Trinajstić information content (AvgIpc) is 2.69. The van der Waals surface area contributed by atoms with E-state index in [0.717, 1.165) is 0 Å². The molecule has 3 nitrogen and oxygen atoms in total. The molecule has 96 valence electrons. The third-order valence-electron chi connectivity index (χ3n) is 2.35. The number of hydrogen-bond donors (Lipinski definition) is 0. The van der Waals surface area contributed by atoms with Crippen LogP contribution < -0.4 is 0 Å². The molecule has 0 fully saturated rings. The monoisotopic (exact) mass is 287 g/mol. The van der Waals surface area contributed by atoms with E-state index < -0.39 is 16.6 Å². The van der Waals surface area contributed by atoms with E-state index in [4.69, 9.17) is 16.1 Å². The van der Waals surface area contributed by atoms with Gasteiger partial charge in [-0.15, -0.1) is 0 Å². The van der Waals surface area contributed by atoms with Crippen LogP contribution in [0.25, 0.3) is 0 Å². The molecule has 0 amide bonds. The van der Waals surface area contributed by atoms with E-state index in [1.54, 1.807) is 19.1 Å². The highest BCUT2D eigenvalue weighted by Gasteiger charge is 2.12. The van der Waals surface area contributed by atoms with E-state index in [0.29, 0.717) is 16.5 Å². The molecular formula is C12H11ClFNO2S. The van der Waals surface area contributed by atoms with E-state index in [2.05, 4.69) is 5.16 Å². The first-order chi connectivity index (χ1) is 8.56. The SMILES string of the molecule is Cc1cc(C[S@@](=O)Cc2c(F)cccc2Cl)no1. The van der Waals surface area contributed by atoms with Gasteiger partial charge in [0.05, 0.1) is 17.2 Å². The second kappa shape index (κ2) is 5.63. The van der Waals surface area contributed by atoms with Crippen LogP contribution in [0.3, 0.4) is 0 Å². The van der Waals surface area contributed by atoms with Crippen LogP contribution in [0.2, 0.25) is 5.02 Å². The molecule has 0 N–H and O–H groups in total. The first-order valence-electron chi connectivity index (χ1n) is 5.26. The van der Waals surface area contributed by atoms with Crippen molar-refractivity contribution in [3.05, 3.63) is 52.1 Å². The van der Waals surface area contributed by atoms with Crippen molar-refractivity contribution in [2.45, 2.75) is 18.4 Å². The van der Waals surface area contributed by atoms with E-state index in [-0.39, 0.29) is 17.1 Å². The van der Waals surface area contributed by atoms with Crippen molar-refractivity contribution in [3.63, 3.8) is 0 Å². The minimum atomic E-state index is -1.28. The zero-order valence-corrected chi connectivity index (χ0v) is 11.2. The summed E-state index contributed by atoms with van der Waals surface area (Å²) in [5.74, 6) is 0.512. The molecule has 0 aliphatic rings. The summed E-state index contributed by atoms with van der Waals surface area (Å²) in [7, 11) is -1.28. The third-order valence-corrected chi connectivity index (χ3v) is 3.94. The molecule has 0 bridgehead atoms. The van der Waals surface area contributed by atoms with Gasteiger partial charge in [0.25, 0.3) is 0 Å². The molecule has 0 saturated heterocycles. The summed E-state index contributed by atoms with van der Waals surface area (Å²) in [6.45, 7) is 1.76. The van der Waals surface area contributed by atoms with Gasteiger partial charge in [-0.05, 0) is 19.1 Å². The number of nitrogens with zero attached hydrogens (tertiary/aromatic N) is 1. The van der Waals surface area contributed by atoms with Gasteiger partial charge in [0.2, 0.25) is 0 Å². The lowest BCUT2D eigenvalue weighted by Gasteiger charge is -2.04. The van der Waals surface area contributed by atoms with E-state index in [1.807, 2.05) is 0 Å². The molecule has 0 aliphatic carbocycles. The van der Waals surface area contributed by atoms with Crippen LogP contribution in [0.5, 0.6) is 0 Å². The predicted octanol–water partition coefficient (Wildman–Crippen LogP) is 3.22. The highest BCUT2D eigenvalue weighted by atomic mass is 35.5. The predicted molar refractivity (Wildman–Crippen MR) is 68.2 cm³/mol. The van der Waals surface area contributed by atoms with Crippen molar-refractivity contribution >= 4 is 22.4 Å². The highest BCUT2D eigenvalue weighted by molar-refractivity contribution is 7.83. The molecule has 0 unspecified atom stereocenters. The number of rotatable bonds is 4. The normalized spacial score (nSPS) is 12.6. The molecule has 1 heterocycles. The number of hydrogen-bond acceptors (Lipinski definition) is 3. The van der Waals surface area contributed by atoms with Crippen molar-refractivity contribution in [1.82, 2.24) is 5.16 Å². The standard InChI is InChI=1S/C12H11ClFNO2S/c1-8-5-9(15-17-8)6-18(16)7-10-11(13)3-2-4-12(10)14/h2-5H,6-7H2,1H3/t18-/m1/s1. The summed E-state index contributed by atoms with van der Waals surface area (Å²) in [5.41, 5.74) is 0.871. The zero-order chi connectivity index (χ0) is 13.1. The molecule has 0 saturated carbocycles. The molecule has 0 spiro atoms. The van der Waals surface area contributed by atoms with Gasteiger partial charge in [-0.1, -0.05) is 22.8 Å². The summed E-state index contributed by atoms with van der Waals surface area (Å²) in [6.07, 6.45) is 0. The van der Waals surface area contributed by atoms with E-state index in [9.17, 15) is 8.60 Å². The fourth-order valence-electron chi connectivity index (χ4n) is 1.53. The van der Waals surface area contributed by atoms with Gasteiger partial charge in [0.1, 0.15) is 11.6 Å². The fourth-order valence-corrected chi connectivity index (χ4v) is 3.03. The maximum Gasteiger partial charge on any atom is 0.133 e. The Morgan fingerprint density at radius 2 is 2.22 bits per heavy atom. The van der Waals surface area contributed by atoms with Gasteiger partial charge in [0.15, 0.2) is 0 Å². The molecule has 0 radical (unpaired) electrons.